The van der Waals surface area contributed by atoms with Gasteiger partial charge in [-0.3, -0.25) is 9.36 Å². The maximum Gasteiger partial charge on any atom is 0.261 e. The maximum atomic E-state index is 13.8. The molecule has 6 aromatic rings. The van der Waals surface area contributed by atoms with Crippen molar-refractivity contribution in [3.63, 3.8) is 0 Å². The zero-order chi connectivity index (χ0) is 25.5. The van der Waals surface area contributed by atoms with E-state index in [9.17, 15) is 4.79 Å². The Bertz CT molecular complexity index is 1820. The molecule has 0 unspecified atom stereocenters. The number of hydrogen-bond donors (Lipinski definition) is 2. The Kier molecular flexibility index (Phi) is 5.34. The summed E-state index contributed by atoms with van der Waals surface area (Å²) in [7, 11) is 3.15. The molecule has 0 aliphatic heterocycles. The van der Waals surface area contributed by atoms with Crippen LogP contribution >= 0.6 is 0 Å². The molecule has 8 nitrogen and oxygen atoms in total. The van der Waals surface area contributed by atoms with Gasteiger partial charge >= 0.3 is 0 Å². The van der Waals surface area contributed by atoms with Crippen molar-refractivity contribution in [2.24, 2.45) is 0 Å². The van der Waals surface area contributed by atoms with E-state index >= 15 is 0 Å². The fourth-order valence-corrected chi connectivity index (χ4v) is 4.62. The second-order valence-corrected chi connectivity index (χ2v) is 8.50. The molecular formula is C29H23N5O3. The molecular weight excluding hydrogens is 466 g/mol. The van der Waals surface area contributed by atoms with E-state index in [-0.39, 0.29) is 17.3 Å². The van der Waals surface area contributed by atoms with Crippen LogP contribution in [0.3, 0.4) is 0 Å². The van der Waals surface area contributed by atoms with E-state index in [1.54, 1.807) is 37.0 Å². The van der Waals surface area contributed by atoms with Crippen LogP contribution in [0, 0.1) is 0 Å². The summed E-state index contributed by atoms with van der Waals surface area (Å²) < 4.78 is 12.8. The Morgan fingerprint density at radius 3 is 2.38 bits per heavy atom. The quantitative estimate of drug-likeness (QED) is 0.328. The van der Waals surface area contributed by atoms with Gasteiger partial charge < -0.3 is 20.5 Å². The molecule has 182 valence electrons. The summed E-state index contributed by atoms with van der Waals surface area (Å²) in [5.74, 6) is 0.951. The predicted molar refractivity (Wildman–Crippen MR) is 146 cm³/mol. The lowest BCUT2D eigenvalue weighted by Crippen LogP contribution is -2.15. The van der Waals surface area contributed by atoms with Crippen LogP contribution < -0.4 is 20.5 Å². The molecule has 0 bridgehead atoms. The third-order valence-corrected chi connectivity index (χ3v) is 6.39. The first-order valence-electron chi connectivity index (χ1n) is 11.7. The standard InChI is InChI=1S/C29H23N5O3/c1-36-18-14-15-24(37-2)23(16-18)34-27(30)25(26-28(34)32-22-12-6-5-11-21(22)31-26)29(35)33-20-13-7-9-17-8-3-4-10-19(17)20/h3-16H,30H2,1-2H3,(H,33,35). The van der Waals surface area contributed by atoms with Crippen molar-refractivity contribution in [1.82, 2.24) is 14.5 Å². The SMILES string of the molecule is COc1ccc(OC)c(-n2c(N)c(C(=O)Nc3cccc4ccccc34)c3nc4ccccc4nc32)c1. The van der Waals surface area contributed by atoms with Gasteiger partial charge in [-0.2, -0.15) is 0 Å². The van der Waals surface area contributed by atoms with Gasteiger partial charge in [0.15, 0.2) is 5.65 Å². The number of nitrogens with two attached hydrogens (primary N) is 1. The number of hydrogen-bond acceptors (Lipinski definition) is 6. The lowest BCUT2D eigenvalue weighted by atomic mass is 10.1. The first-order valence-corrected chi connectivity index (χ1v) is 11.7. The molecule has 3 N–H and O–H groups in total. The highest BCUT2D eigenvalue weighted by Gasteiger charge is 2.27. The highest BCUT2D eigenvalue weighted by molar-refractivity contribution is 6.18. The van der Waals surface area contributed by atoms with E-state index in [1.807, 2.05) is 66.7 Å². The second-order valence-electron chi connectivity index (χ2n) is 8.50. The van der Waals surface area contributed by atoms with Crippen molar-refractivity contribution in [3.05, 3.63) is 90.5 Å². The third-order valence-electron chi connectivity index (χ3n) is 6.39. The third kappa shape index (κ3) is 3.66. The summed E-state index contributed by atoms with van der Waals surface area (Å²) in [6, 6.07) is 26.5. The number of nitrogen functional groups attached to an aromatic ring is 1. The van der Waals surface area contributed by atoms with E-state index in [0.717, 1.165) is 10.8 Å². The molecule has 8 heteroatoms. The number of rotatable bonds is 5. The van der Waals surface area contributed by atoms with Gasteiger partial charge in [0.05, 0.1) is 30.9 Å². The van der Waals surface area contributed by atoms with Crippen molar-refractivity contribution in [3.8, 4) is 17.2 Å². The van der Waals surface area contributed by atoms with Crippen LogP contribution in [0.15, 0.2) is 84.9 Å². The van der Waals surface area contributed by atoms with Crippen LogP contribution in [0.1, 0.15) is 10.4 Å². The Labute approximate surface area is 212 Å². The summed E-state index contributed by atoms with van der Waals surface area (Å²) in [5.41, 5.74) is 10.4. The molecule has 37 heavy (non-hydrogen) atoms. The molecule has 0 spiro atoms. The molecule has 0 aliphatic rings. The molecule has 0 atom stereocenters. The van der Waals surface area contributed by atoms with E-state index in [0.29, 0.717) is 45.1 Å². The maximum absolute atomic E-state index is 13.8. The summed E-state index contributed by atoms with van der Waals surface area (Å²) in [6.45, 7) is 0. The van der Waals surface area contributed by atoms with Crippen molar-refractivity contribution in [2.45, 2.75) is 0 Å². The summed E-state index contributed by atoms with van der Waals surface area (Å²) in [4.78, 5) is 23.5. The highest BCUT2D eigenvalue weighted by atomic mass is 16.5. The molecule has 0 saturated carbocycles. The number of methoxy groups -OCH3 is 2. The van der Waals surface area contributed by atoms with Gasteiger partial charge in [-0.1, -0.05) is 48.5 Å². The molecule has 0 aliphatic carbocycles. The van der Waals surface area contributed by atoms with Gasteiger partial charge in [0.2, 0.25) is 0 Å². The average molecular weight is 490 g/mol. The number of amides is 1. The number of carbonyl (C=O) groups is 1. The molecule has 2 aromatic heterocycles. The molecule has 0 fully saturated rings. The Morgan fingerprint density at radius 1 is 0.865 bits per heavy atom. The molecule has 0 saturated heterocycles. The first-order chi connectivity index (χ1) is 18.1. The van der Waals surface area contributed by atoms with E-state index < -0.39 is 0 Å². The number of fused-ring (bicyclic) bond motifs is 3. The number of aromatic nitrogens is 3. The highest BCUT2D eigenvalue weighted by Crippen LogP contribution is 2.37. The van der Waals surface area contributed by atoms with Gasteiger partial charge in [-0.15, -0.1) is 0 Å². The first kappa shape index (κ1) is 22.4. The molecule has 4 aromatic carbocycles. The smallest absolute Gasteiger partial charge is 0.261 e. The minimum absolute atomic E-state index is 0.189. The van der Waals surface area contributed by atoms with Gasteiger partial charge in [0.1, 0.15) is 28.4 Å². The predicted octanol–water partition coefficient (Wildman–Crippen LogP) is 5.58. The fraction of sp³-hybridized carbons (Fsp3) is 0.0690. The number of para-hydroxylation sites is 2. The van der Waals surface area contributed by atoms with Crippen LogP contribution in [0.2, 0.25) is 0 Å². The fourth-order valence-electron chi connectivity index (χ4n) is 4.62. The van der Waals surface area contributed by atoms with Crippen LogP contribution in [-0.2, 0) is 0 Å². The van der Waals surface area contributed by atoms with E-state index in [1.165, 1.54) is 0 Å². The molecule has 0 radical (unpaired) electrons. The van der Waals surface area contributed by atoms with E-state index in [2.05, 4.69) is 5.32 Å². The number of benzene rings is 4. The average Bonchev–Trinajstić information content (AvgIpc) is 3.21. The zero-order valence-electron chi connectivity index (χ0n) is 20.2. The lowest BCUT2D eigenvalue weighted by molar-refractivity contribution is 0.102. The Hall–Kier alpha value is -5.11. The molecule has 1 amide bonds. The largest absolute Gasteiger partial charge is 0.497 e. The summed E-state index contributed by atoms with van der Waals surface area (Å²) in [5, 5.41) is 4.98. The minimum Gasteiger partial charge on any atom is -0.497 e. The Balaban J connectivity index is 1.60. The van der Waals surface area contributed by atoms with Crippen molar-refractivity contribution >= 4 is 50.4 Å². The number of ether oxygens (including phenoxy) is 2. The van der Waals surface area contributed by atoms with Crippen LogP contribution in [0.5, 0.6) is 11.5 Å². The van der Waals surface area contributed by atoms with E-state index in [4.69, 9.17) is 25.2 Å². The van der Waals surface area contributed by atoms with Crippen molar-refractivity contribution < 1.29 is 14.3 Å². The van der Waals surface area contributed by atoms with Gasteiger partial charge in [-0.05, 0) is 35.7 Å². The van der Waals surface area contributed by atoms with Crippen LogP contribution in [-0.4, -0.2) is 34.7 Å². The zero-order valence-corrected chi connectivity index (χ0v) is 20.2. The molecule has 2 heterocycles. The normalized spacial score (nSPS) is 11.2. The lowest BCUT2D eigenvalue weighted by Gasteiger charge is -2.14. The van der Waals surface area contributed by atoms with Gasteiger partial charge in [0, 0.05) is 17.1 Å². The van der Waals surface area contributed by atoms with Crippen molar-refractivity contribution in [2.75, 3.05) is 25.3 Å². The van der Waals surface area contributed by atoms with Crippen LogP contribution in [0.4, 0.5) is 11.5 Å². The number of carbonyl (C=O) groups excluding carboxylic acids is 1. The topological polar surface area (TPSA) is 104 Å². The van der Waals surface area contributed by atoms with Crippen molar-refractivity contribution in [1.29, 1.82) is 0 Å². The summed E-state index contributed by atoms with van der Waals surface area (Å²) in [6.07, 6.45) is 0. The molecule has 6 rings (SSSR count). The second kappa shape index (κ2) is 8.83. The minimum atomic E-state index is -0.385. The van der Waals surface area contributed by atoms with Gasteiger partial charge in [0.25, 0.3) is 5.91 Å². The number of anilines is 2. The van der Waals surface area contributed by atoms with Crippen LogP contribution in [0.25, 0.3) is 38.7 Å². The van der Waals surface area contributed by atoms with Gasteiger partial charge in [-0.25, -0.2) is 9.97 Å². The monoisotopic (exact) mass is 489 g/mol. The number of nitrogens with zero attached hydrogens (tertiary/aromatic N) is 3. The number of nitrogens with one attached hydrogen (secondary N) is 1. The Morgan fingerprint density at radius 2 is 1.59 bits per heavy atom. The summed E-state index contributed by atoms with van der Waals surface area (Å²) >= 11 is 0.